The number of imidazole rings is 1. The minimum atomic E-state index is -1.40. The fourth-order valence-electron chi connectivity index (χ4n) is 3.91. The molecule has 1 aliphatic heterocycles. The first kappa shape index (κ1) is 21.5. The Hall–Kier alpha value is -3.20. The Balaban J connectivity index is 2.12. The van der Waals surface area contributed by atoms with Crippen LogP contribution in [0.15, 0.2) is 42.9 Å². The van der Waals surface area contributed by atoms with Gasteiger partial charge in [-0.2, -0.15) is 0 Å². The van der Waals surface area contributed by atoms with E-state index in [0.29, 0.717) is 12.2 Å². The molecule has 1 fully saturated rings. The molecule has 1 saturated heterocycles. The average molecular weight is 415 g/mol. The van der Waals surface area contributed by atoms with Crippen molar-refractivity contribution in [1.82, 2.24) is 15.3 Å². The summed E-state index contributed by atoms with van der Waals surface area (Å²) in [4.78, 5) is 45.6. The number of urea groups is 1. The second-order valence-electron chi connectivity index (χ2n) is 8.43. The largest absolute Gasteiger partial charge is 0.477 e. The van der Waals surface area contributed by atoms with E-state index >= 15 is 0 Å². The maximum atomic E-state index is 13.2. The number of aromatic nitrogens is 2. The number of hydrogen-bond acceptors (Lipinski definition) is 5. The molecule has 0 spiro atoms. The lowest BCUT2D eigenvalue weighted by Gasteiger charge is -2.38. The average Bonchev–Trinajstić information content (AvgIpc) is 3.29. The summed E-state index contributed by atoms with van der Waals surface area (Å²) in [6.45, 7) is 5.82. The summed E-state index contributed by atoms with van der Waals surface area (Å²) in [5.41, 5.74) is 0.269. The molecular weight excluding hydrogens is 388 g/mol. The number of amides is 2. The maximum Gasteiger partial charge on any atom is 0.417 e. The van der Waals surface area contributed by atoms with Gasteiger partial charge in [0.25, 0.3) is 0 Å². The lowest BCUT2D eigenvalue weighted by Crippen LogP contribution is -2.63. The molecule has 2 unspecified atom stereocenters. The van der Waals surface area contributed by atoms with E-state index in [1.807, 2.05) is 30.3 Å². The van der Waals surface area contributed by atoms with Crippen LogP contribution in [0.25, 0.3) is 0 Å². The van der Waals surface area contributed by atoms with Gasteiger partial charge in [-0.1, -0.05) is 30.3 Å². The molecule has 1 aliphatic rings. The van der Waals surface area contributed by atoms with E-state index in [4.69, 9.17) is 4.74 Å². The Bertz CT molecular complexity index is 907. The smallest absolute Gasteiger partial charge is 0.417 e. The molecule has 0 bridgehead atoms. The van der Waals surface area contributed by atoms with Crippen LogP contribution in [0.4, 0.5) is 4.79 Å². The minimum absolute atomic E-state index is 0.136. The fourth-order valence-corrected chi connectivity index (χ4v) is 3.91. The molecule has 3 atom stereocenters. The van der Waals surface area contributed by atoms with Crippen LogP contribution in [0.3, 0.4) is 0 Å². The molecule has 0 saturated carbocycles. The van der Waals surface area contributed by atoms with Crippen molar-refractivity contribution in [2.75, 3.05) is 13.1 Å². The van der Waals surface area contributed by atoms with Gasteiger partial charge in [-0.25, -0.2) is 19.1 Å². The second-order valence-corrected chi connectivity index (χ2v) is 8.43. The van der Waals surface area contributed by atoms with Crippen LogP contribution in [0.1, 0.15) is 37.9 Å². The normalized spacial score (nSPS) is 21.0. The third-order valence-corrected chi connectivity index (χ3v) is 5.12. The first-order valence-electron chi connectivity index (χ1n) is 9.77. The first-order chi connectivity index (χ1) is 14.1. The number of carbonyl (C=O) groups excluding carboxylic acids is 2. The van der Waals surface area contributed by atoms with Crippen molar-refractivity contribution >= 4 is 18.0 Å². The van der Waals surface area contributed by atoms with Crippen LogP contribution >= 0.6 is 0 Å². The predicted octanol–water partition coefficient (Wildman–Crippen LogP) is 2.03. The summed E-state index contributed by atoms with van der Waals surface area (Å²) in [6.07, 6.45) is 2.77. The molecule has 2 heterocycles. The van der Waals surface area contributed by atoms with Crippen molar-refractivity contribution in [2.24, 2.45) is 0 Å². The topological polar surface area (TPSA) is 121 Å². The van der Waals surface area contributed by atoms with E-state index in [1.54, 1.807) is 20.8 Å². The van der Waals surface area contributed by atoms with Crippen molar-refractivity contribution < 1.29 is 28.7 Å². The number of carboxylic acids is 1. The summed E-state index contributed by atoms with van der Waals surface area (Å²) in [6, 6.07) is 7.35. The van der Waals surface area contributed by atoms with Gasteiger partial charge in [-0.3, -0.25) is 10.1 Å². The van der Waals surface area contributed by atoms with E-state index in [0.717, 1.165) is 5.56 Å². The van der Waals surface area contributed by atoms with E-state index in [-0.39, 0.29) is 13.1 Å². The van der Waals surface area contributed by atoms with E-state index < -0.39 is 40.0 Å². The highest BCUT2D eigenvalue weighted by molar-refractivity contribution is 5.88. The van der Waals surface area contributed by atoms with Crippen molar-refractivity contribution in [3.63, 3.8) is 0 Å². The van der Waals surface area contributed by atoms with Gasteiger partial charge in [0.15, 0.2) is 5.92 Å². The fraction of sp³-hybridized carbons (Fsp3) is 0.429. The quantitative estimate of drug-likeness (QED) is 0.470. The number of esters is 1. The highest BCUT2D eigenvalue weighted by Gasteiger charge is 2.58. The zero-order chi connectivity index (χ0) is 21.9. The zero-order valence-corrected chi connectivity index (χ0v) is 17.3. The first-order valence-corrected chi connectivity index (χ1v) is 9.77. The number of H-pyrrole nitrogens is 1. The highest BCUT2D eigenvalue weighted by atomic mass is 16.6. The van der Waals surface area contributed by atoms with Crippen LogP contribution in [0.5, 0.6) is 0 Å². The summed E-state index contributed by atoms with van der Waals surface area (Å²) >= 11 is 0. The van der Waals surface area contributed by atoms with E-state index in [9.17, 15) is 19.5 Å². The number of aliphatic carboxylic acids is 1. The molecule has 2 amide bonds. The van der Waals surface area contributed by atoms with Gasteiger partial charge in [0.05, 0.1) is 18.6 Å². The Morgan fingerprint density at radius 3 is 2.47 bits per heavy atom. The van der Waals surface area contributed by atoms with E-state index in [2.05, 4.69) is 15.3 Å². The molecule has 2 aromatic rings. The molecule has 3 rings (SSSR count). The van der Waals surface area contributed by atoms with Gasteiger partial charge in [-0.05, 0) is 20.8 Å². The molecule has 30 heavy (non-hydrogen) atoms. The Kier molecular flexibility index (Phi) is 5.93. The molecule has 1 aromatic heterocycles. The lowest BCUT2D eigenvalue weighted by atomic mass is 9.92. The number of ether oxygens (including phenoxy) is 1. The molecular formula is C21H27N4O5+. The van der Waals surface area contributed by atoms with Crippen molar-refractivity contribution in [3.05, 3.63) is 54.1 Å². The van der Waals surface area contributed by atoms with Crippen molar-refractivity contribution in [2.45, 2.75) is 44.9 Å². The summed E-state index contributed by atoms with van der Waals surface area (Å²) in [5.74, 6) is -3.21. The lowest BCUT2D eigenvalue weighted by molar-refractivity contribution is -0.872. The molecule has 3 N–H and O–H groups in total. The van der Waals surface area contributed by atoms with E-state index in [1.165, 1.54) is 12.5 Å². The van der Waals surface area contributed by atoms with Gasteiger partial charge in [-0.15, -0.1) is 0 Å². The number of carboxylic acid groups (broad SMARTS) is 1. The van der Waals surface area contributed by atoms with Crippen LogP contribution in [0, 0.1) is 0 Å². The van der Waals surface area contributed by atoms with Crippen LogP contribution < -0.4 is 5.32 Å². The molecule has 0 aliphatic carbocycles. The number of rotatable bonds is 7. The van der Waals surface area contributed by atoms with Gasteiger partial charge in [0, 0.05) is 11.8 Å². The second kappa shape index (κ2) is 8.27. The predicted molar refractivity (Wildman–Crippen MR) is 107 cm³/mol. The van der Waals surface area contributed by atoms with Gasteiger partial charge in [0.2, 0.25) is 6.04 Å². The van der Waals surface area contributed by atoms with Gasteiger partial charge >= 0.3 is 18.0 Å². The number of aromatic amines is 1. The number of benzene rings is 1. The molecule has 0 radical (unpaired) electrons. The number of hydrogen-bond donors (Lipinski definition) is 3. The Morgan fingerprint density at radius 2 is 1.97 bits per heavy atom. The zero-order valence-electron chi connectivity index (χ0n) is 17.3. The molecule has 1 aromatic carbocycles. The summed E-state index contributed by atoms with van der Waals surface area (Å²) in [7, 11) is 0. The van der Waals surface area contributed by atoms with Crippen molar-refractivity contribution in [1.29, 1.82) is 0 Å². The number of nitrogens with zero attached hydrogens (tertiary/aromatic N) is 2. The number of carbonyl (C=O) groups is 3. The molecule has 9 nitrogen and oxygen atoms in total. The maximum absolute atomic E-state index is 13.2. The summed E-state index contributed by atoms with van der Waals surface area (Å²) < 4.78 is 5.11. The third kappa shape index (κ3) is 4.35. The SMILES string of the molecule is CC(C)(C)OC(=O)C(c1cnc[nH]1)[C@@H](C(=O)O)[N+]1(Cc2ccccc2)CCNC1=O. The Labute approximate surface area is 174 Å². The Morgan fingerprint density at radius 1 is 1.27 bits per heavy atom. The highest BCUT2D eigenvalue weighted by Crippen LogP contribution is 2.34. The summed E-state index contributed by atoms with van der Waals surface area (Å²) in [5, 5.41) is 13.0. The minimum Gasteiger partial charge on any atom is -0.477 e. The monoisotopic (exact) mass is 415 g/mol. The van der Waals surface area contributed by atoms with Gasteiger partial charge in [0.1, 0.15) is 18.7 Å². The number of nitrogens with one attached hydrogen (secondary N) is 2. The van der Waals surface area contributed by atoms with Crippen LogP contribution in [-0.4, -0.2) is 62.3 Å². The van der Waals surface area contributed by atoms with Crippen LogP contribution in [0.2, 0.25) is 0 Å². The molecule has 160 valence electrons. The molecule has 9 heteroatoms. The van der Waals surface area contributed by atoms with Crippen molar-refractivity contribution in [3.8, 4) is 0 Å². The van der Waals surface area contributed by atoms with Gasteiger partial charge < -0.3 is 14.8 Å². The standard InChI is InChI=1S/C21H26N4O5/c1-21(2,3)30-19(28)16(15-11-22-13-24-15)17(18(26)27)25(10-9-23-20(25)29)12-14-7-5-4-6-8-14/h4-8,11,13,16-17H,9-10,12H2,1-3H3,(H2-,22,23,24,26,27,29)/p+1/t16?,17-,25?/m0/s1. The third-order valence-electron chi connectivity index (χ3n) is 5.12. The number of quaternary nitrogens is 1. The van der Waals surface area contributed by atoms with Crippen LogP contribution in [-0.2, 0) is 20.9 Å².